The number of nitrogens with one attached hydrogen (secondary N) is 1. The van der Waals surface area contributed by atoms with Crippen molar-refractivity contribution in [2.45, 2.75) is 31.7 Å². The first-order chi connectivity index (χ1) is 8.88. The fraction of sp³-hybridized carbons (Fsp3) is 0.500. The minimum absolute atomic E-state index is 0.249. The molecule has 0 saturated heterocycles. The molecule has 4 heteroatoms. The highest BCUT2D eigenvalue weighted by molar-refractivity contribution is 5.87. The van der Waals surface area contributed by atoms with Crippen LogP contribution in [0.3, 0.4) is 0 Å². The second kappa shape index (κ2) is 4.98. The van der Waals surface area contributed by atoms with Crippen LogP contribution in [0, 0.1) is 5.92 Å². The summed E-state index contributed by atoms with van der Waals surface area (Å²) in [5.74, 6) is 1.20. The van der Waals surface area contributed by atoms with E-state index >= 15 is 0 Å². The molecule has 0 aromatic carbocycles. The number of hydrogen-bond donors (Lipinski definition) is 2. The molecule has 2 aromatic rings. The maximum Gasteiger partial charge on any atom is 0.139 e. The first-order valence-corrected chi connectivity index (χ1v) is 6.58. The summed E-state index contributed by atoms with van der Waals surface area (Å²) < 4.78 is 5.37. The molecule has 96 valence electrons. The van der Waals surface area contributed by atoms with Gasteiger partial charge in [0.25, 0.3) is 0 Å². The van der Waals surface area contributed by atoms with Crippen LogP contribution in [-0.4, -0.2) is 22.7 Å². The highest BCUT2D eigenvalue weighted by Crippen LogP contribution is 2.29. The summed E-state index contributed by atoms with van der Waals surface area (Å²) in [5, 5.41) is 13.9. The van der Waals surface area contributed by atoms with Crippen molar-refractivity contribution in [1.82, 2.24) is 4.98 Å². The minimum Gasteiger partial charge on any atom is -0.464 e. The third kappa shape index (κ3) is 2.08. The third-order valence-corrected chi connectivity index (χ3v) is 3.85. The minimum atomic E-state index is 0.249. The van der Waals surface area contributed by atoms with Gasteiger partial charge in [-0.1, -0.05) is 12.8 Å². The van der Waals surface area contributed by atoms with E-state index in [2.05, 4.69) is 10.3 Å². The van der Waals surface area contributed by atoms with Gasteiger partial charge < -0.3 is 14.8 Å². The Morgan fingerprint density at radius 3 is 3.11 bits per heavy atom. The number of aliphatic hydroxyl groups excluding tert-OH is 1. The molecular formula is C14H18N2O2. The van der Waals surface area contributed by atoms with Crippen molar-refractivity contribution in [3.63, 3.8) is 0 Å². The topological polar surface area (TPSA) is 58.3 Å². The van der Waals surface area contributed by atoms with Crippen molar-refractivity contribution in [3.8, 4) is 0 Å². The van der Waals surface area contributed by atoms with Gasteiger partial charge in [0.15, 0.2) is 0 Å². The molecule has 1 aliphatic carbocycles. The molecule has 0 aliphatic heterocycles. The monoisotopic (exact) mass is 246 g/mol. The number of fused-ring (bicyclic) bond motifs is 1. The molecule has 4 nitrogen and oxygen atoms in total. The number of aliphatic hydroxyl groups is 1. The second-order valence-corrected chi connectivity index (χ2v) is 4.97. The quantitative estimate of drug-likeness (QED) is 0.874. The molecule has 0 amide bonds. The molecule has 0 radical (unpaired) electrons. The van der Waals surface area contributed by atoms with Crippen molar-refractivity contribution >= 4 is 16.8 Å². The molecule has 1 saturated carbocycles. The predicted molar refractivity (Wildman–Crippen MR) is 70.5 cm³/mol. The molecule has 1 fully saturated rings. The highest BCUT2D eigenvalue weighted by atomic mass is 16.3. The van der Waals surface area contributed by atoms with Gasteiger partial charge in [-0.25, -0.2) is 4.98 Å². The Morgan fingerprint density at radius 1 is 1.33 bits per heavy atom. The number of aromatic nitrogens is 1. The summed E-state index contributed by atoms with van der Waals surface area (Å²) in [6.07, 6.45) is 8.06. The zero-order chi connectivity index (χ0) is 12.4. The zero-order valence-corrected chi connectivity index (χ0v) is 10.3. The van der Waals surface area contributed by atoms with Crippen LogP contribution in [0.5, 0.6) is 0 Å². The lowest BCUT2D eigenvalue weighted by atomic mass is 9.85. The average molecular weight is 246 g/mol. The molecular weight excluding hydrogens is 228 g/mol. The molecule has 0 bridgehead atoms. The molecule has 2 atom stereocenters. The normalized spacial score (nSPS) is 24.3. The Kier molecular flexibility index (Phi) is 3.19. The van der Waals surface area contributed by atoms with E-state index in [0.717, 1.165) is 29.6 Å². The van der Waals surface area contributed by atoms with E-state index in [1.54, 1.807) is 12.5 Å². The van der Waals surface area contributed by atoms with Gasteiger partial charge >= 0.3 is 0 Å². The van der Waals surface area contributed by atoms with E-state index in [1.807, 2.05) is 12.1 Å². The van der Waals surface area contributed by atoms with Gasteiger partial charge in [-0.15, -0.1) is 0 Å². The lowest BCUT2D eigenvalue weighted by Crippen LogP contribution is -2.34. The van der Waals surface area contributed by atoms with Crippen LogP contribution in [0.4, 0.5) is 5.82 Å². The van der Waals surface area contributed by atoms with Crippen molar-refractivity contribution in [1.29, 1.82) is 0 Å². The summed E-state index contributed by atoms with van der Waals surface area (Å²) in [4.78, 5) is 4.39. The largest absolute Gasteiger partial charge is 0.464 e. The molecule has 2 aromatic heterocycles. The number of pyridine rings is 1. The fourth-order valence-electron chi connectivity index (χ4n) is 2.80. The SMILES string of the molecule is OCC1CCCCC1Nc1nccc2occc12. The molecule has 2 unspecified atom stereocenters. The summed E-state index contributed by atoms with van der Waals surface area (Å²) in [6, 6.07) is 4.11. The van der Waals surface area contributed by atoms with Gasteiger partial charge in [0, 0.05) is 24.8 Å². The van der Waals surface area contributed by atoms with Crippen LogP contribution >= 0.6 is 0 Å². The second-order valence-electron chi connectivity index (χ2n) is 4.97. The molecule has 2 heterocycles. The first kappa shape index (κ1) is 11.5. The van der Waals surface area contributed by atoms with E-state index in [-0.39, 0.29) is 6.61 Å². The zero-order valence-electron chi connectivity index (χ0n) is 10.3. The molecule has 18 heavy (non-hydrogen) atoms. The van der Waals surface area contributed by atoms with Gasteiger partial charge in [0.05, 0.1) is 11.6 Å². The summed E-state index contributed by atoms with van der Waals surface area (Å²) in [7, 11) is 0. The molecule has 3 rings (SSSR count). The summed E-state index contributed by atoms with van der Waals surface area (Å²) in [5.41, 5.74) is 0.851. The standard InChI is InChI=1S/C14H18N2O2/c17-9-10-3-1-2-4-12(10)16-14-11-6-8-18-13(11)5-7-15-14/h5-8,10,12,17H,1-4,9H2,(H,15,16). The van der Waals surface area contributed by atoms with E-state index < -0.39 is 0 Å². The molecule has 1 aliphatic rings. The van der Waals surface area contributed by atoms with Gasteiger partial charge in [-0.2, -0.15) is 0 Å². The van der Waals surface area contributed by atoms with Crippen LogP contribution in [0.1, 0.15) is 25.7 Å². The maximum absolute atomic E-state index is 9.43. The molecule has 2 N–H and O–H groups in total. The Balaban J connectivity index is 1.84. The number of nitrogens with zero attached hydrogens (tertiary/aromatic N) is 1. The van der Waals surface area contributed by atoms with Gasteiger partial charge in [-0.05, 0) is 25.0 Å². The Morgan fingerprint density at radius 2 is 2.22 bits per heavy atom. The van der Waals surface area contributed by atoms with Crippen LogP contribution in [0.25, 0.3) is 11.0 Å². The Hall–Kier alpha value is -1.55. The fourth-order valence-corrected chi connectivity index (χ4v) is 2.80. The van der Waals surface area contributed by atoms with Crippen LogP contribution in [0.2, 0.25) is 0 Å². The predicted octanol–water partition coefficient (Wildman–Crippen LogP) is 2.79. The van der Waals surface area contributed by atoms with Crippen LogP contribution in [-0.2, 0) is 0 Å². The van der Waals surface area contributed by atoms with Crippen LogP contribution in [0.15, 0.2) is 29.0 Å². The Bertz CT molecular complexity index is 523. The van der Waals surface area contributed by atoms with Crippen molar-refractivity contribution < 1.29 is 9.52 Å². The van der Waals surface area contributed by atoms with Gasteiger partial charge in [0.2, 0.25) is 0 Å². The van der Waals surface area contributed by atoms with Crippen LogP contribution < -0.4 is 5.32 Å². The van der Waals surface area contributed by atoms with E-state index in [4.69, 9.17) is 4.42 Å². The van der Waals surface area contributed by atoms with Gasteiger partial charge in [0.1, 0.15) is 11.4 Å². The maximum atomic E-state index is 9.43. The number of rotatable bonds is 3. The van der Waals surface area contributed by atoms with E-state index in [9.17, 15) is 5.11 Å². The smallest absolute Gasteiger partial charge is 0.139 e. The average Bonchev–Trinajstić information content (AvgIpc) is 2.89. The lowest BCUT2D eigenvalue weighted by molar-refractivity contribution is 0.178. The highest BCUT2D eigenvalue weighted by Gasteiger charge is 2.25. The summed E-state index contributed by atoms with van der Waals surface area (Å²) in [6.45, 7) is 0.249. The first-order valence-electron chi connectivity index (χ1n) is 6.58. The van der Waals surface area contributed by atoms with Crippen molar-refractivity contribution in [2.24, 2.45) is 5.92 Å². The molecule has 0 spiro atoms. The number of hydrogen-bond acceptors (Lipinski definition) is 4. The lowest BCUT2D eigenvalue weighted by Gasteiger charge is -2.31. The van der Waals surface area contributed by atoms with E-state index in [0.29, 0.717) is 12.0 Å². The third-order valence-electron chi connectivity index (χ3n) is 3.85. The van der Waals surface area contributed by atoms with Gasteiger partial charge in [-0.3, -0.25) is 0 Å². The summed E-state index contributed by atoms with van der Waals surface area (Å²) >= 11 is 0. The van der Waals surface area contributed by atoms with Crippen molar-refractivity contribution in [3.05, 3.63) is 24.6 Å². The number of furan rings is 1. The van der Waals surface area contributed by atoms with Crippen molar-refractivity contribution in [2.75, 3.05) is 11.9 Å². The number of anilines is 1. The Labute approximate surface area is 106 Å². The van der Waals surface area contributed by atoms with E-state index in [1.165, 1.54) is 12.8 Å².